The monoisotopic (exact) mass is 622 g/mol. The zero-order valence-electron chi connectivity index (χ0n) is 25.5. The van der Waals surface area contributed by atoms with Gasteiger partial charge in [-0.3, -0.25) is 14.2 Å². The number of amides is 1. The lowest BCUT2D eigenvalue weighted by Crippen LogP contribution is -2.59. The van der Waals surface area contributed by atoms with E-state index in [1.165, 1.54) is 17.6 Å². The largest absolute Gasteiger partial charge is 0.496 e. The van der Waals surface area contributed by atoms with Crippen molar-refractivity contribution in [2.75, 3.05) is 40.0 Å². The van der Waals surface area contributed by atoms with Crippen LogP contribution in [0, 0.1) is 12.8 Å². The maximum Gasteiger partial charge on any atom is 0.333 e. The fourth-order valence-electron chi connectivity index (χ4n) is 6.05. The van der Waals surface area contributed by atoms with Gasteiger partial charge in [-0.15, -0.1) is 11.3 Å². The second kappa shape index (κ2) is 12.3. The van der Waals surface area contributed by atoms with Crippen LogP contribution in [0.3, 0.4) is 0 Å². The van der Waals surface area contributed by atoms with E-state index in [1.54, 1.807) is 36.6 Å². The Labute approximate surface area is 259 Å². The van der Waals surface area contributed by atoms with Crippen LogP contribution < -0.4 is 16.0 Å². The maximum absolute atomic E-state index is 14.5. The molecule has 2 saturated heterocycles. The first-order chi connectivity index (χ1) is 21.2. The molecular weight excluding hydrogens is 584 g/mol. The minimum absolute atomic E-state index is 0.0954. The fourth-order valence-corrected chi connectivity index (χ4v) is 7.29. The van der Waals surface area contributed by atoms with Crippen LogP contribution in [0.5, 0.6) is 5.75 Å². The number of fused-ring (bicyclic) bond motifs is 1. The number of aryl methyl sites for hydroxylation is 1. The van der Waals surface area contributed by atoms with Crippen LogP contribution in [-0.4, -0.2) is 64.9 Å². The van der Waals surface area contributed by atoms with Crippen molar-refractivity contribution in [2.45, 2.75) is 58.2 Å². The van der Waals surface area contributed by atoms with Crippen LogP contribution in [-0.2, 0) is 26.4 Å². The molecule has 4 aromatic rings. The van der Waals surface area contributed by atoms with Crippen molar-refractivity contribution < 1.29 is 23.4 Å². The number of rotatable bonds is 10. The van der Waals surface area contributed by atoms with Gasteiger partial charge in [-0.1, -0.05) is 18.2 Å². The lowest BCUT2D eigenvalue weighted by atomic mass is 10.00. The Morgan fingerprint density at radius 2 is 1.93 bits per heavy atom. The number of nitrogens with zero attached hydrogens (tertiary/aromatic N) is 4. The molecule has 12 heteroatoms. The number of hydrogen-bond donors (Lipinski definition) is 0. The number of hydrogen-bond acceptors (Lipinski definition) is 9. The molecule has 2 aliphatic heterocycles. The van der Waals surface area contributed by atoms with E-state index in [0.717, 1.165) is 29.4 Å². The number of carbonyl (C=O) groups excluding carboxylic acids is 1. The summed E-state index contributed by atoms with van der Waals surface area (Å²) in [5, 5.41) is 0.357. The van der Waals surface area contributed by atoms with Crippen LogP contribution in [0.2, 0.25) is 0 Å². The molecule has 2 aliphatic rings. The first-order valence-corrected chi connectivity index (χ1v) is 15.8. The molecule has 0 spiro atoms. The van der Waals surface area contributed by atoms with E-state index in [1.807, 2.05) is 31.2 Å². The van der Waals surface area contributed by atoms with E-state index in [-0.39, 0.29) is 12.5 Å². The number of ether oxygens (including phenoxy) is 3. The van der Waals surface area contributed by atoms with Gasteiger partial charge in [0, 0.05) is 31.9 Å². The molecule has 11 nitrogen and oxygen atoms in total. The Morgan fingerprint density at radius 1 is 1.18 bits per heavy atom. The summed E-state index contributed by atoms with van der Waals surface area (Å²) in [4.78, 5) is 49.5. The topological polar surface area (TPSA) is 118 Å². The van der Waals surface area contributed by atoms with Crippen molar-refractivity contribution in [3.05, 3.63) is 68.7 Å². The summed E-state index contributed by atoms with van der Waals surface area (Å²) in [6, 6.07) is 7.59. The summed E-state index contributed by atoms with van der Waals surface area (Å²) in [5.74, 6) is 1.06. The number of aromatic nitrogens is 3. The second-order valence-electron chi connectivity index (χ2n) is 11.9. The highest BCUT2D eigenvalue weighted by molar-refractivity contribution is 7.22. The van der Waals surface area contributed by atoms with Crippen molar-refractivity contribution in [1.29, 1.82) is 0 Å². The quantitative estimate of drug-likeness (QED) is 0.256. The Morgan fingerprint density at radius 3 is 2.59 bits per heavy atom. The SMILES string of the molecule is COc1ccccc1C(Cn1c(=O)n(C(C)(C)C(=O)N2CCC2)c(=O)c2c(C)c(-c3ncco3)sc21)OCC1CCOCC1. The number of methoxy groups -OCH3 is 1. The minimum atomic E-state index is -1.41. The summed E-state index contributed by atoms with van der Waals surface area (Å²) < 4.78 is 26.2. The van der Waals surface area contributed by atoms with Gasteiger partial charge >= 0.3 is 5.69 Å². The first kappa shape index (κ1) is 30.3. The summed E-state index contributed by atoms with van der Waals surface area (Å²) in [5.41, 5.74) is -1.06. The van der Waals surface area contributed by atoms with Crippen molar-refractivity contribution >= 4 is 27.5 Å². The highest BCUT2D eigenvalue weighted by atomic mass is 32.1. The van der Waals surface area contributed by atoms with E-state index in [0.29, 0.717) is 71.1 Å². The number of para-hydroxylation sites is 1. The van der Waals surface area contributed by atoms with Crippen LogP contribution >= 0.6 is 11.3 Å². The number of carbonyl (C=O) groups is 1. The zero-order chi connectivity index (χ0) is 31.0. The molecule has 234 valence electrons. The lowest BCUT2D eigenvalue weighted by molar-refractivity contribution is -0.143. The zero-order valence-corrected chi connectivity index (χ0v) is 26.4. The fraction of sp³-hybridized carbons (Fsp3) is 0.500. The van der Waals surface area contributed by atoms with Gasteiger partial charge in [0.15, 0.2) is 0 Å². The number of likely N-dealkylation sites (tertiary alicyclic amines) is 1. The Balaban J connectivity index is 1.53. The highest BCUT2D eigenvalue weighted by Crippen LogP contribution is 2.37. The van der Waals surface area contributed by atoms with Gasteiger partial charge in [-0.05, 0) is 57.6 Å². The summed E-state index contributed by atoms with van der Waals surface area (Å²) in [6.45, 7) is 8.27. The Kier molecular flexibility index (Phi) is 8.49. The molecule has 3 aromatic heterocycles. The summed E-state index contributed by atoms with van der Waals surface area (Å²) in [6.07, 6.45) is 5.12. The average molecular weight is 623 g/mol. The molecule has 1 aromatic carbocycles. The van der Waals surface area contributed by atoms with E-state index < -0.39 is 22.9 Å². The Bertz CT molecular complexity index is 1760. The van der Waals surface area contributed by atoms with Crippen LogP contribution in [0.1, 0.15) is 50.3 Å². The average Bonchev–Trinajstić information content (AvgIpc) is 3.64. The van der Waals surface area contributed by atoms with E-state index in [9.17, 15) is 14.4 Å². The predicted octanol–water partition coefficient (Wildman–Crippen LogP) is 4.35. The molecule has 44 heavy (non-hydrogen) atoms. The molecule has 5 heterocycles. The molecule has 2 fully saturated rings. The van der Waals surface area contributed by atoms with Crippen molar-refractivity contribution in [3.63, 3.8) is 0 Å². The molecule has 0 saturated carbocycles. The van der Waals surface area contributed by atoms with Crippen LogP contribution in [0.15, 0.2) is 50.7 Å². The van der Waals surface area contributed by atoms with Gasteiger partial charge in [0.05, 0.1) is 36.7 Å². The van der Waals surface area contributed by atoms with Crippen molar-refractivity contribution in [3.8, 4) is 16.5 Å². The number of oxazole rings is 1. The smallest absolute Gasteiger partial charge is 0.333 e. The third kappa shape index (κ3) is 5.39. The van der Waals surface area contributed by atoms with Crippen molar-refractivity contribution in [2.24, 2.45) is 5.92 Å². The van der Waals surface area contributed by atoms with Gasteiger partial charge in [0.1, 0.15) is 28.5 Å². The number of benzene rings is 1. The minimum Gasteiger partial charge on any atom is -0.496 e. The molecule has 6 rings (SSSR count). The van der Waals surface area contributed by atoms with E-state index in [2.05, 4.69) is 4.98 Å². The standard InChI is InChI=1S/C32H38N4O7S/c1-20-25-28(37)36(32(2,3)30(38)34-13-7-14-34)31(39)35(29(25)44-26(20)27-33-12-17-42-27)18-24(22-8-5-6-9-23(22)40-4)43-19-21-10-15-41-16-11-21/h5-6,8-9,12,17,21,24H,7,10-11,13-16,18-19H2,1-4H3. The van der Waals surface area contributed by atoms with E-state index in [4.69, 9.17) is 18.6 Å². The van der Waals surface area contributed by atoms with Crippen LogP contribution in [0.4, 0.5) is 0 Å². The van der Waals surface area contributed by atoms with Crippen molar-refractivity contribution in [1.82, 2.24) is 19.0 Å². The molecular formula is C32H38N4O7S. The third-order valence-electron chi connectivity index (χ3n) is 8.77. The lowest BCUT2D eigenvalue weighted by Gasteiger charge is -2.38. The molecule has 0 radical (unpaired) electrons. The normalized spacial score (nSPS) is 16.7. The molecule has 0 aliphatic carbocycles. The second-order valence-corrected chi connectivity index (χ2v) is 12.9. The van der Waals surface area contributed by atoms with Gasteiger partial charge in [0.25, 0.3) is 5.56 Å². The van der Waals surface area contributed by atoms with Gasteiger partial charge in [-0.2, -0.15) is 0 Å². The van der Waals surface area contributed by atoms with Crippen LogP contribution in [0.25, 0.3) is 21.0 Å². The molecule has 0 N–H and O–H groups in total. The molecule has 1 atom stereocenters. The molecule has 1 unspecified atom stereocenters. The highest BCUT2D eigenvalue weighted by Gasteiger charge is 2.40. The van der Waals surface area contributed by atoms with Gasteiger partial charge in [0.2, 0.25) is 11.8 Å². The third-order valence-corrected chi connectivity index (χ3v) is 10.1. The Hall–Kier alpha value is -3.74. The maximum atomic E-state index is 14.5. The summed E-state index contributed by atoms with van der Waals surface area (Å²) >= 11 is 1.27. The molecule has 1 amide bonds. The first-order valence-electron chi connectivity index (χ1n) is 15.0. The van der Waals surface area contributed by atoms with Gasteiger partial charge in [-0.25, -0.2) is 14.3 Å². The predicted molar refractivity (Wildman–Crippen MR) is 166 cm³/mol. The van der Waals surface area contributed by atoms with E-state index >= 15 is 0 Å². The van der Waals surface area contributed by atoms with Gasteiger partial charge < -0.3 is 23.5 Å². The summed E-state index contributed by atoms with van der Waals surface area (Å²) in [7, 11) is 1.61. The number of thiophene rings is 1. The molecule has 0 bridgehead atoms.